The summed E-state index contributed by atoms with van der Waals surface area (Å²) in [6.07, 6.45) is 3.07. The van der Waals surface area contributed by atoms with Crippen molar-refractivity contribution in [3.05, 3.63) is 88.9 Å². The lowest BCUT2D eigenvalue weighted by atomic mass is 10.0. The number of carbonyl (C=O) groups is 4. The summed E-state index contributed by atoms with van der Waals surface area (Å²) in [5.74, 6) is -1.70. The minimum atomic E-state index is -1.15. The predicted molar refractivity (Wildman–Crippen MR) is 148 cm³/mol. The summed E-state index contributed by atoms with van der Waals surface area (Å²) < 4.78 is 16.6. The zero-order valence-electron chi connectivity index (χ0n) is 22.9. The first kappa shape index (κ1) is 28.8. The van der Waals surface area contributed by atoms with Crippen LogP contribution in [-0.2, 0) is 16.1 Å². The van der Waals surface area contributed by atoms with Gasteiger partial charge in [0.25, 0.3) is 17.7 Å². The monoisotopic (exact) mass is 555 g/mol. The Kier molecular flexibility index (Phi) is 8.99. The van der Waals surface area contributed by atoms with Crippen molar-refractivity contribution in [2.75, 3.05) is 6.61 Å². The quantitative estimate of drug-likeness (QED) is 0.120. The maximum atomic E-state index is 13.5. The Labute approximate surface area is 237 Å². The molecule has 0 radical (unpaired) electrons. The van der Waals surface area contributed by atoms with Crippen molar-refractivity contribution in [3.8, 4) is 17.6 Å². The molecule has 10 heteroatoms. The van der Waals surface area contributed by atoms with E-state index in [2.05, 4.69) is 5.32 Å². The molecule has 41 heavy (non-hydrogen) atoms. The molecule has 4 rings (SSSR count). The number of rotatable bonds is 11. The molecule has 0 fully saturated rings. The Morgan fingerprint density at radius 1 is 1.05 bits per heavy atom. The third kappa shape index (κ3) is 6.53. The summed E-state index contributed by atoms with van der Waals surface area (Å²) in [6, 6.07) is 15.1. The topological polar surface area (TPSA) is 139 Å². The largest absolute Gasteiger partial charge is 0.490 e. The van der Waals surface area contributed by atoms with E-state index >= 15 is 0 Å². The van der Waals surface area contributed by atoms with Crippen molar-refractivity contribution >= 4 is 29.8 Å². The molecular weight excluding hydrogens is 526 g/mol. The number of amides is 3. The number of ether oxygens (including phenoxy) is 2. The Bertz CT molecular complexity index is 1500. The first-order valence-electron chi connectivity index (χ1n) is 13.1. The number of carbonyl (C=O) groups excluding carboxylic acids is 4. The van der Waals surface area contributed by atoms with E-state index in [-0.39, 0.29) is 53.7 Å². The zero-order valence-corrected chi connectivity index (χ0v) is 22.9. The van der Waals surface area contributed by atoms with Crippen molar-refractivity contribution in [2.24, 2.45) is 5.92 Å². The van der Waals surface area contributed by atoms with Crippen LogP contribution in [0, 0.1) is 17.2 Å². The van der Waals surface area contributed by atoms with E-state index in [1.54, 1.807) is 49.4 Å². The molecule has 2 aromatic carbocycles. The minimum absolute atomic E-state index is 0.0286. The number of esters is 1. The summed E-state index contributed by atoms with van der Waals surface area (Å²) in [5.41, 5.74) is 0.793. The van der Waals surface area contributed by atoms with Gasteiger partial charge in [0.2, 0.25) is 0 Å². The Morgan fingerprint density at radius 2 is 1.76 bits per heavy atom. The molecule has 3 aromatic rings. The third-order valence-corrected chi connectivity index (χ3v) is 6.26. The van der Waals surface area contributed by atoms with Gasteiger partial charge < -0.3 is 19.2 Å². The van der Waals surface area contributed by atoms with Crippen molar-refractivity contribution in [1.29, 1.82) is 5.26 Å². The van der Waals surface area contributed by atoms with Gasteiger partial charge in [-0.25, -0.2) is 4.79 Å². The fourth-order valence-corrected chi connectivity index (χ4v) is 4.38. The van der Waals surface area contributed by atoms with Crippen molar-refractivity contribution in [2.45, 2.75) is 39.8 Å². The number of benzene rings is 2. The van der Waals surface area contributed by atoms with Crippen LogP contribution in [-0.4, -0.2) is 41.2 Å². The molecule has 1 aromatic heterocycles. The summed E-state index contributed by atoms with van der Waals surface area (Å²) in [5, 5.41) is 12.2. The molecule has 210 valence electrons. The Hall–Kier alpha value is -5.17. The normalized spacial score (nSPS) is 13.5. The molecule has 0 bridgehead atoms. The van der Waals surface area contributed by atoms with E-state index < -0.39 is 29.7 Å². The van der Waals surface area contributed by atoms with Gasteiger partial charge in [0, 0.05) is 0 Å². The lowest BCUT2D eigenvalue weighted by Crippen LogP contribution is -2.47. The van der Waals surface area contributed by atoms with Crippen LogP contribution in [0.4, 0.5) is 0 Å². The molecule has 1 aliphatic heterocycles. The molecule has 0 saturated heterocycles. The molecule has 1 aliphatic rings. The highest BCUT2D eigenvalue weighted by Gasteiger charge is 2.43. The second-order valence-electron chi connectivity index (χ2n) is 9.66. The van der Waals surface area contributed by atoms with Gasteiger partial charge in [-0.1, -0.05) is 32.0 Å². The van der Waals surface area contributed by atoms with Crippen LogP contribution >= 0.6 is 0 Å². The summed E-state index contributed by atoms with van der Waals surface area (Å²) in [6.45, 7) is 5.86. The fourth-order valence-electron chi connectivity index (χ4n) is 4.38. The molecule has 0 aliphatic carbocycles. The van der Waals surface area contributed by atoms with Gasteiger partial charge in [0.1, 0.15) is 23.4 Å². The van der Waals surface area contributed by atoms with Crippen LogP contribution < -0.4 is 14.8 Å². The van der Waals surface area contributed by atoms with Crippen LogP contribution in [0.15, 0.2) is 70.9 Å². The van der Waals surface area contributed by atoms with E-state index in [9.17, 15) is 24.4 Å². The van der Waals surface area contributed by atoms with Crippen LogP contribution in [0.25, 0.3) is 6.08 Å². The van der Waals surface area contributed by atoms with Gasteiger partial charge >= 0.3 is 5.97 Å². The number of nitrogens with one attached hydrogen (secondary N) is 1. The molecule has 3 amide bonds. The Balaban J connectivity index is 1.56. The first-order valence-corrected chi connectivity index (χ1v) is 13.1. The molecular formula is C31H29N3O7. The van der Waals surface area contributed by atoms with Crippen LogP contribution in [0.2, 0.25) is 0 Å². The maximum absolute atomic E-state index is 13.5. The van der Waals surface area contributed by atoms with E-state index in [0.717, 1.165) is 4.90 Å². The first-order chi connectivity index (χ1) is 19.7. The Morgan fingerprint density at radius 3 is 2.34 bits per heavy atom. The summed E-state index contributed by atoms with van der Waals surface area (Å²) in [4.78, 5) is 53.1. The van der Waals surface area contributed by atoms with Gasteiger partial charge in [-0.3, -0.25) is 19.3 Å². The number of hydrogen-bond acceptors (Lipinski definition) is 8. The molecule has 10 nitrogen and oxygen atoms in total. The zero-order chi connectivity index (χ0) is 29.5. The van der Waals surface area contributed by atoms with Crippen LogP contribution in [0.1, 0.15) is 59.2 Å². The van der Waals surface area contributed by atoms with Crippen molar-refractivity contribution < 1.29 is 33.1 Å². The fraction of sp³-hybridized carbons (Fsp3) is 0.258. The van der Waals surface area contributed by atoms with E-state index in [0.29, 0.717) is 11.3 Å². The van der Waals surface area contributed by atoms with Gasteiger partial charge in [-0.05, 0) is 67.3 Å². The van der Waals surface area contributed by atoms with Gasteiger partial charge in [-0.2, -0.15) is 5.26 Å². The summed E-state index contributed by atoms with van der Waals surface area (Å²) >= 11 is 0. The smallest absolute Gasteiger partial charge is 0.334 e. The number of nitrogens with zero attached hydrogens (tertiary/aromatic N) is 2. The highest BCUT2D eigenvalue weighted by Crippen LogP contribution is 2.32. The van der Waals surface area contributed by atoms with Gasteiger partial charge in [-0.15, -0.1) is 0 Å². The van der Waals surface area contributed by atoms with E-state index in [1.807, 2.05) is 19.9 Å². The molecule has 1 unspecified atom stereocenters. The minimum Gasteiger partial charge on any atom is -0.490 e. The van der Waals surface area contributed by atoms with Gasteiger partial charge in [0.15, 0.2) is 11.5 Å². The second kappa shape index (κ2) is 12.8. The molecule has 1 atom stereocenters. The van der Waals surface area contributed by atoms with E-state index in [1.165, 1.54) is 24.5 Å². The molecule has 1 N–H and O–H groups in total. The highest BCUT2D eigenvalue weighted by molar-refractivity contribution is 6.22. The van der Waals surface area contributed by atoms with Crippen LogP contribution in [0.5, 0.6) is 11.5 Å². The lowest BCUT2D eigenvalue weighted by molar-refractivity contribution is -0.139. The van der Waals surface area contributed by atoms with Gasteiger partial charge in [0.05, 0.1) is 30.5 Å². The molecule has 0 saturated carbocycles. The van der Waals surface area contributed by atoms with Crippen LogP contribution in [0.3, 0.4) is 0 Å². The number of furan rings is 1. The number of imide groups is 1. The van der Waals surface area contributed by atoms with Crippen molar-refractivity contribution in [1.82, 2.24) is 10.2 Å². The maximum Gasteiger partial charge on any atom is 0.334 e. The van der Waals surface area contributed by atoms with E-state index in [4.69, 9.17) is 13.9 Å². The predicted octanol–water partition coefficient (Wildman–Crippen LogP) is 4.52. The standard InChI is InChI=1S/C31H29N3O7/c1-4-39-27-16-20(15-21(17-32)28(35)33-18-22-8-7-13-40-22)11-12-26(27)41-31(38)25(14-19(2)3)34-29(36)23-9-5-6-10-24(23)30(34)37/h5-13,15-16,19,25H,4,14,18H2,1-3H3,(H,33,35)/b21-15+. The third-order valence-electron chi connectivity index (χ3n) is 6.26. The average Bonchev–Trinajstić information content (AvgIpc) is 3.57. The lowest BCUT2D eigenvalue weighted by Gasteiger charge is -2.26. The molecule has 0 spiro atoms. The molecule has 2 heterocycles. The second-order valence-corrected chi connectivity index (χ2v) is 9.66. The highest BCUT2D eigenvalue weighted by atomic mass is 16.6. The number of fused-ring (bicyclic) bond motifs is 1. The van der Waals surface area contributed by atoms with Crippen molar-refractivity contribution in [3.63, 3.8) is 0 Å². The average molecular weight is 556 g/mol. The number of hydrogen-bond donors (Lipinski definition) is 1. The SMILES string of the molecule is CCOc1cc(/C=C(\C#N)C(=O)NCc2ccco2)ccc1OC(=O)C(CC(C)C)N1C(=O)c2ccccc2C1=O. The number of nitriles is 1. The summed E-state index contributed by atoms with van der Waals surface area (Å²) in [7, 11) is 0.